The summed E-state index contributed by atoms with van der Waals surface area (Å²) in [6.07, 6.45) is 3.52. The van der Waals surface area contributed by atoms with Gasteiger partial charge in [0.1, 0.15) is 5.75 Å². The third-order valence-corrected chi connectivity index (χ3v) is 3.08. The van der Waals surface area contributed by atoms with Gasteiger partial charge in [0, 0.05) is 11.8 Å². The molecule has 0 spiro atoms. The van der Waals surface area contributed by atoms with Crippen LogP contribution >= 0.6 is 11.6 Å². The number of ether oxygens (including phenoxy) is 1. The third-order valence-electron chi connectivity index (χ3n) is 2.78. The second-order valence-corrected chi connectivity index (χ2v) is 4.45. The Bertz CT molecular complexity index is 467. The lowest BCUT2D eigenvalue weighted by molar-refractivity contribution is -0.111. The van der Waals surface area contributed by atoms with Crippen molar-refractivity contribution in [2.45, 2.75) is 18.8 Å². The molecule has 0 aromatic heterocycles. The molecule has 1 fully saturated rings. The zero-order valence-electron chi connectivity index (χ0n) is 9.63. The topological polar surface area (TPSA) is 38.3 Å². The maximum Gasteiger partial charge on any atom is 0.247 e. The Morgan fingerprint density at radius 1 is 1.59 bits per heavy atom. The van der Waals surface area contributed by atoms with Gasteiger partial charge in [0.2, 0.25) is 5.91 Å². The summed E-state index contributed by atoms with van der Waals surface area (Å²) < 4.78 is 5.15. The van der Waals surface area contributed by atoms with Gasteiger partial charge >= 0.3 is 0 Å². The third kappa shape index (κ3) is 2.61. The van der Waals surface area contributed by atoms with Crippen molar-refractivity contribution in [1.29, 1.82) is 0 Å². The summed E-state index contributed by atoms with van der Waals surface area (Å²) in [6, 6.07) is 3.63. The van der Waals surface area contributed by atoms with Gasteiger partial charge in [-0.15, -0.1) is 0 Å². The van der Waals surface area contributed by atoms with Crippen molar-refractivity contribution in [1.82, 2.24) is 0 Å². The number of hydrogen-bond donors (Lipinski definition) is 1. The van der Waals surface area contributed by atoms with E-state index in [1.165, 1.54) is 6.08 Å². The standard InChI is InChI=1S/C13H14ClNO2/c1-3-13(16)15-11-7-12(17-2)10(14)6-9(11)8-4-5-8/h3,6-8H,1,4-5H2,2H3,(H,15,16). The number of carbonyl (C=O) groups excluding carboxylic acids is 1. The maximum atomic E-state index is 11.4. The first-order valence-corrected chi connectivity index (χ1v) is 5.84. The van der Waals surface area contributed by atoms with Crippen molar-refractivity contribution in [2.24, 2.45) is 0 Å². The molecule has 0 atom stereocenters. The molecular formula is C13H14ClNO2. The van der Waals surface area contributed by atoms with Gasteiger partial charge in [-0.1, -0.05) is 18.2 Å². The Balaban J connectivity index is 2.38. The van der Waals surface area contributed by atoms with Gasteiger partial charge in [0.15, 0.2) is 0 Å². The summed E-state index contributed by atoms with van der Waals surface area (Å²) in [5.41, 5.74) is 1.84. The van der Waals surface area contributed by atoms with Crippen LogP contribution in [0.15, 0.2) is 24.8 Å². The van der Waals surface area contributed by atoms with Crippen LogP contribution in [-0.4, -0.2) is 13.0 Å². The van der Waals surface area contributed by atoms with Crippen LogP contribution in [0.4, 0.5) is 5.69 Å². The van der Waals surface area contributed by atoms with E-state index < -0.39 is 0 Å². The largest absolute Gasteiger partial charge is 0.495 e. The SMILES string of the molecule is C=CC(=O)Nc1cc(OC)c(Cl)cc1C1CC1. The highest BCUT2D eigenvalue weighted by Crippen LogP contribution is 2.46. The first kappa shape index (κ1) is 12.0. The number of rotatable bonds is 4. The lowest BCUT2D eigenvalue weighted by atomic mass is 10.1. The maximum absolute atomic E-state index is 11.4. The molecule has 1 aliphatic rings. The van der Waals surface area contributed by atoms with Crippen LogP contribution in [0.1, 0.15) is 24.3 Å². The molecular weight excluding hydrogens is 238 g/mol. The van der Waals surface area contributed by atoms with E-state index in [0.29, 0.717) is 16.7 Å². The zero-order chi connectivity index (χ0) is 12.4. The van der Waals surface area contributed by atoms with E-state index in [1.807, 2.05) is 6.07 Å². The monoisotopic (exact) mass is 251 g/mol. The van der Waals surface area contributed by atoms with E-state index in [2.05, 4.69) is 11.9 Å². The first-order chi connectivity index (χ1) is 8.15. The van der Waals surface area contributed by atoms with Crippen molar-refractivity contribution in [2.75, 3.05) is 12.4 Å². The lowest BCUT2D eigenvalue weighted by Crippen LogP contribution is -2.09. The number of methoxy groups -OCH3 is 1. The number of benzene rings is 1. The number of carbonyl (C=O) groups is 1. The normalized spacial score (nSPS) is 14.2. The Morgan fingerprint density at radius 3 is 2.82 bits per heavy atom. The van der Waals surface area contributed by atoms with Crippen LogP contribution in [-0.2, 0) is 4.79 Å². The number of hydrogen-bond acceptors (Lipinski definition) is 2. The molecule has 2 rings (SSSR count). The molecule has 0 aliphatic heterocycles. The highest BCUT2D eigenvalue weighted by Gasteiger charge is 2.27. The van der Waals surface area contributed by atoms with Crippen molar-refractivity contribution in [3.63, 3.8) is 0 Å². The predicted octanol–water partition coefficient (Wildman–Crippen LogP) is 3.35. The number of amides is 1. The molecule has 4 heteroatoms. The Morgan fingerprint density at radius 2 is 2.29 bits per heavy atom. The molecule has 3 nitrogen and oxygen atoms in total. The van der Waals surface area contributed by atoms with Gasteiger partial charge in [-0.25, -0.2) is 0 Å². The highest BCUT2D eigenvalue weighted by molar-refractivity contribution is 6.32. The molecule has 1 aromatic rings. The van der Waals surface area contributed by atoms with Crippen molar-refractivity contribution >= 4 is 23.2 Å². The van der Waals surface area contributed by atoms with Crippen LogP contribution in [0, 0.1) is 0 Å². The van der Waals surface area contributed by atoms with Crippen LogP contribution in [0.25, 0.3) is 0 Å². The molecule has 0 unspecified atom stereocenters. The van der Waals surface area contributed by atoms with Crippen LogP contribution < -0.4 is 10.1 Å². The molecule has 17 heavy (non-hydrogen) atoms. The molecule has 1 N–H and O–H groups in total. The summed E-state index contributed by atoms with van der Waals surface area (Å²) in [5, 5.41) is 3.36. The molecule has 90 valence electrons. The second-order valence-electron chi connectivity index (χ2n) is 4.04. The molecule has 0 saturated heterocycles. The van der Waals surface area contributed by atoms with Gasteiger partial charge < -0.3 is 10.1 Å². The minimum atomic E-state index is -0.226. The van der Waals surface area contributed by atoms with Gasteiger partial charge in [0.25, 0.3) is 0 Å². The molecule has 1 aliphatic carbocycles. The van der Waals surface area contributed by atoms with E-state index >= 15 is 0 Å². The predicted molar refractivity (Wildman–Crippen MR) is 68.8 cm³/mol. The number of halogens is 1. The Labute approximate surface area is 105 Å². The van der Waals surface area contributed by atoms with Gasteiger partial charge in [-0.2, -0.15) is 0 Å². The summed E-state index contributed by atoms with van der Waals surface area (Å²) in [6.45, 7) is 3.44. The van der Waals surface area contributed by atoms with E-state index in [1.54, 1.807) is 13.2 Å². The summed E-state index contributed by atoms with van der Waals surface area (Å²) in [5.74, 6) is 0.838. The quantitative estimate of drug-likeness (QED) is 0.834. The van der Waals surface area contributed by atoms with E-state index in [9.17, 15) is 4.79 Å². The number of anilines is 1. The molecule has 1 amide bonds. The molecule has 1 aromatic carbocycles. The van der Waals surface area contributed by atoms with Crippen molar-refractivity contribution in [3.8, 4) is 5.75 Å². The summed E-state index contributed by atoms with van der Waals surface area (Å²) in [4.78, 5) is 11.4. The van der Waals surface area contributed by atoms with Gasteiger partial charge in [-0.05, 0) is 36.5 Å². The Hall–Kier alpha value is -1.48. The smallest absolute Gasteiger partial charge is 0.247 e. The Kier molecular flexibility index (Phi) is 3.38. The van der Waals surface area contributed by atoms with Crippen LogP contribution in [0.3, 0.4) is 0 Å². The lowest BCUT2D eigenvalue weighted by Gasteiger charge is -2.12. The van der Waals surface area contributed by atoms with E-state index in [-0.39, 0.29) is 5.91 Å². The minimum absolute atomic E-state index is 0.226. The van der Waals surface area contributed by atoms with Gasteiger partial charge in [-0.3, -0.25) is 4.79 Å². The van der Waals surface area contributed by atoms with E-state index in [4.69, 9.17) is 16.3 Å². The summed E-state index contributed by atoms with van der Waals surface area (Å²) in [7, 11) is 1.55. The van der Waals surface area contributed by atoms with Crippen LogP contribution in [0.2, 0.25) is 5.02 Å². The fourth-order valence-corrected chi connectivity index (χ4v) is 2.00. The highest BCUT2D eigenvalue weighted by atomic mass is 35.5. The molecule has 0 heterocycles. The fraction of sp³-hybridized carbons (Fsp3) is 0.308. The van der Waals surface area contributed by atoms with E-state index in [0.717, 1.165) is 24.1 Å². The molecule has 1 saturated carbocycles. The average molecular weight is 252 g/mol. The van der Waals surface area contributed by atoms with Crippen molar-refractivity contribution < 1.29 is 9.53 Å². The molecule has 0 radical (unpaired) electrons. The average Bonchev–Trinajstić information content (AvgIpc) is 3.14. The first-order valence-electron chi connectivity index (χ1n) is 5.46. The van der Waals surface area contributed by atoms with Crippen molar-refractivity contribution in [3.05, 3.63) is 35.4 Å². The second kappa shape index (κ2) is 4.80. The molecule has 0 bridgehead atoms. The summed E-state index contributed by atoms with van der Waals surface area (Å²) >= 11 is 6.09. The number of nitrogens with one attached hydrogen (secondary N) is 1. The van der Waals surface area contributed by atoms with Crippen LogP contribution in [0.5, 0.6) is 5.75 Å². The zero-order valence-corrected chi connectivity index (χ0v) is 10.4. The minimum Gasteiger partial charge on any atom is -0.495 e. The fourth-order valence-electron chi connectivity index (χ4n) is 1.75. The van der Waals surface area contributed by atoms with Gasteiger partial charge in [0.05, 0.1) is 12.1 Å².